The van der Waals surface area contributed by atoms with E-state index in [9.17, 15) is 0 Å². The maximum absolute atomic E-state index is 5.94. The Kier molecular flexibility index (Phi) is 5.41. The van der Waals surface area contributed by atoms with E-state index in [4.69, 9.17) is 16.2 Å². The van der Waals surface area contributed by atoms with Gasteiger partial charge in [0.25, 0.3) is 0 Å². The highest BCUT2D eigenvalue weighted by Gasteiger charge is 2.09. The summed E-state index contributed by atoms with van der Waals surface area (Å²) >= 11 is 0. The van der Waals surface area contributed by atoms with Gasteiger partial charge in [0.05, 0.1) is 6.61 Å². The Morgan fingerprint density at radius 3 is 2.59 bits per heavy atom. The van der Waals surface area contributed by atoms with Crippen molar-refractivity contribution in [2.75, 3.05) is 27.2 Å². The first-order chi connectivity index (χ1) is 8.08. The molecule has 0 radical (unpaired) electrons. The summed E-state index contributed by atoms with van der Waals surface area (Å²) in [6, 6.07) is 5.95. The number of benzene rings is 1. The zero-order chi connectivity index (χ0) is 12.8. The number of hydrogen-bond acceptors (Lipinski definition) is 4. The van der Waals surface area contributed by atoms with Gasteiger partial charge in [-0.15, -0.1) is 0 Å². The van der Waals surface area contributed by atoms with Crippen molar-refractivity contribution in [3.8, 4) is 5.75 Å². The van der Waals surface area contributed by atoms with Crippen molar-refractivity contribution in [1.29, 1.82) is 0 Å². The summed E-state index contributed by atoms with van der Waals surface area (Å²) in [6.45, 7) is 3.94. The highest BCUT2D eigenvalue weighted by molar-refractivity contribution is 5.38. The van der Waals surface area contributed by atoms with E-state index in [1.165, 1.54) is 0 Å². The van der Waals surface area contributed by atoms with E-state index in [1.54, 1.807) is 0 Å². The third kappa shape index (κ3) is 4.00. The van der Waals surface area contributed by atoms with Crippen LogP contribution in [0.15, 0.2) is 18.2 Å². The predicted octanol–water partition coefficient (Wildman–Crippen LogP) is 1.11. The van der Waals surface area contributed by atoms with Gasteiger partial charge in [0.15, 0.2) is 0 Å². The summed E-state index contributed by atoms with van der Waals surface area (Å²) in [5.74, 6) is 0.925. The van der Waals surface area contributed by atoms with Gasteiger partial charge in [-0.05, 0) is 38.7 Å². The minimum absolute atomic E-state index is 0.105. The lowest BCUT2D eigenvalue weighted by Crippen LogP contribution is -2.21. The van der Waals surface area contributed by atoms with Crippen LogP contribution in [0, 0.1) is 0 Å². The fourth-order valence-electron chi connectivity index (χ4n) is 1.73. The van der Waals surface area contributed by atoms with Gasteiger partial charge in [-0.3, -0.25) is 0 Å². The highest BCUT2D eigenvalue weighted by atomic mass is 16.5. The van der Waals surface area contributed by atoms with Crippen molar-refractivity contribution in [3.05, 3.63) is 29.3 Å². The van der Waals surface area contributed by atoms with Gasteiger partial charge >= 0.3 is 0 Å². The lowest BCUT2D eigenvalue weighted by atomic mass is 10.0. The molecule has 0 bridgehead atoms. The van der Waals surface area contributed by atoms with Crippen molar-refractivity contribution < 1.29 is 4.74 Å². The van der Waals surface area contributed by atoms with E-state index >= 15 is 0 Å². The average Bonchev–Trinajstić information content (AvgIpc) is 2.30. The number of nitrogens with zero attached hydrogens (tertiary/aromatic N) is 1. The summed E-state index contributed by atoms with van der Waals surface area (Å²) in [4.78, 5) is 2.11. The fraction of sp³-hybridized carbons (Fsp3) is 0.538. The molecule has 0 amide bonds. The Bertz CT molecular complexity index is 353. The van der Waals surface area contributed by atoms with Gasteiger partial charge in [0, 0.05) is 24.7 Å². The average molecular weight is 237 g/mol. The molecule has 0 aliphatic rings. The number of rotatable bonds is 6. The van der Waals surface area contributed by atoms with Crippen molar-refractivity contribution in [3.63, 3.8) is 0 Å². The third-order valence-electron chi connectivity index (χ3n) is 2.55. The summed E-state index contributed by atoms with van der Waals surface area (Å²) in [5.41, 5.74) is 13.7. The smallest absolute Gasteiger partial charge is 0.123 e. The van der Waals surface area contributed by atoms with Gasteiger partial charge in [0.2, 0.25) is 0 Å². The first-order valence-corrected chi connectivity index (χ1v) is 5.94. The Balaban J connectivity index is 3.00. The molecule has 4 N–H and O–H groups in total. The minimum Gasteiger partial charge on any atom is -0.494 e. The topological polar surface area (TPSA) is 64.5 Å². The van der Waals surface area contributed by atoms with Crippen LogP contribution in [0.2, 0.25) is 0 Å². The molecular formula is C13H23N3O. The molecular weight excluding hydrogens is 214 g/mol. The Hall–Kier alpha value is -1.10. The van der Waals surface area contributed by atoms with Crippen molar-refractivity contribution in [2.45, 2.75) is 19.5 Å². The van der Waals surface area contributed by atoms with E-state index in [0.29, 0.717) is 13.2 Å². The second-order valence-electron chi connectivity index (χ2n) is 4.38. The van der Waals surface area contributed by atoms with Gasteiger partial charge < -0.3 is 21.1 Å². The number of hydrogen-bond donors (Lipinski definition) is 2. The first-order valence-electron chi connectivity index (χ1n) is 5.94. The zero-order valence-electron chi connectivity index (χ0n) is 10.9. The molecule has 1 aromatic carbocycles. The molecule has 0 fully saturated rings. The molecule has 4 nitrogen and oxygen atoms in total. The normalized spacial score (nSPS) is 12.8. The zero-order valence-corrected chi connectivity index (χ0v) is 10.9. The molecule has 96 valence electrons. The lowest BCUT2D eigenvalue weighted by Gasteiger charge is -2.17. The summed E-state index contributed by atoms with van der Waals surface area (Å²) in [7, 11) is 4.07. The monoisotopic (exact) mass is 237 g/mol. The predicted molar refractivity (Wildman–Crippen MR) is 71.0 cm³/mol. The summed E-state index contributed by atoms with van der Waals surface area (Å²) < 4.78 is 5.61. The molecule has 0 aliphatic heterocycles. The Morgan fingerprint density at radius 2 is 2.06 bits per heavy atom. The molecule has 1 atom stereocenters. The standard InChI is InChI=1S/C13H23N3O/c1-4-17-13-6-5-10(12(15)8-14)7-11(13)9-16(2)3/h5-7,12H,4,8-9,14-15H2,1-3H3/t12-/m1/s1. The quantitative estimate of drug-likeness (QED) is 0.778. The van der Waals surface area contributed by atoms with Gasteiger partial charge in [0.1, 0.15) is 5.75 Å². The molecule has 0 aromatic heterocycles. The number of ether oxygens (including phenoxy) is 1. The van der Waals surface area contributed by atoms with Crippen LogP contribution in [0.3, 0.4) is 0 Å². The van der Waals surface area contributed by atoms with Gasteiger partial charge in [-0.2, -0.15) is 0 Å². The highest BCUT2D eigenvalue weighted by Crippen LogP contribution is 2.23. The van der Waals surface area contributed by atoms with Crippen molar-refractivity contribution in [1.82, 2.24) is 4.90 Å². The molecule has 0 unspecified atom stereocenters. The summed E-state index contributed by atoms with van der Waals surface area (Å²) in [6.07, 6.45) is 0. The number of nitrogens with two attached hydrogens (primary N) is 2. The van der Waals surface area contributed by atoms with E-state index in [2.05, 4.69) is 11.0 Å². The van der Waals surface area contributed by atoms with Gasteiger partial charge in [-0.1, -0.05) is 6.07 Å². The minimum atomic E-state index is -0.105. The second-order valence-corrected chi connectivity index (χ2v) is 4.38. The SMILES string of the molecule is CCOc1ccc([C@H](N)CN)cc1CN(C)C. The maximum atomic E-state index is 5.94. The van der Waals surface area contributed by atoms with Crippen molar-refractivity contribution >= 4 is 0 Å². The second kappa shape index (κ2) is 6.59. The molecule has 4 heteroatoms. The molecule has 1 aromatic rings. The van der Waals surface area contributed by atoms with Crippen molar-refractivity contribution in [2.24, 2.45) is 11.5 Å². The van der Waals surface area contributed by atoms with Crippen LogP contribution >= 0.6 is 0 Å². The first kappa shape index (κ1) is 14.0. The Morgan fingerprint density at radius 1 is 1.35 bits per heavy atom. The van der Waals surface area contributed by atoms with Crippen LogP contribution in [0.4, 0.5) is 0 Å². The van der Waals surface area contributed by atoms with E-state index < -0.39 is 0 Å². The largest absolute Gasteiger partial charge is 0.494 e. The van der Waals surface area contributed by atoms with Crippen LogP contribution in [-0.2, 0) is 6.54 Å². The molecule has 0 saturated heterocycles. The van der Waals surface area contributed by atoms with E-state index in [1.807, 2.05) is 33.2 Å². The van der Waals surface area contributed by atoms with E-state index in [0.717, 1.165) is 23.4 Å². The molecule has 1 rings (SSSR count). The molecule has 17 heavy (non-hydrogen) atoms. The van der Waals surface area contributed by atoms with Crippen LogP contribution in [-0.4, -0.2) is 32.1 Å². The molecule has 0 heterocycles. The van der Waals surface area contributed by atoms with Crippen LogP contribution in [0.5, 0.6) is 5.75 Å². The van der Waals surface area contributed by atoms with Crippen LogP contribution in [0.25, 0.3) is 0 Å². The van der Waals surface area contributed by atoms with Gasteiger partial charge in [-0.25, -0.2) is 0 Å². The molecule has 0 aliphatic carbocycles. The third-order valence-corrected chi connectivity index (χ3v) is 2.55. The van der Waals surface area contributed by atoms with Crippen LogP contribution in [0.1, 0.15) is 24.1 Å². The van der Waals surface area contributed by atoms with Crippen LogP contribution < -0.4 is 16.2 Å². The van der Waals surface area contributed by atoms with E-state index in [-0.39, 0.29) is 6.04 Å². The Labute approximate surface area is 104 Å². The molecule has 0 saturated carbocycles. The maximum Gasteiger partial charge on any atom is 0.123 e. The molecule has 0 spiro atoms. The fourth-order valence-corrected chi connectivity index (χ4v) is 1.73. The summed E-state index contributed by atoms with van der Waals surface area (Å²) in [5, 5.41) is 0. The lowest BCUT2D eigenvalue weighted by molar-refractivity contribution is 0.324.